The van der Waals surface area contributed by atoms with E-state index in [0.29, 0.717) is 5.75 Å². The molecule has 3 unspecified atom stereocenters. The van der Waals surface area contributed by atoms with E-state index in [1.54, 1.807) is 24.3 Å². The Morgan fingerprint density at radius 3 is 2.40 bits per heavy atom. The Bertz CT molecular complexity index is 1340. The highest BCUT2D eigenvalue weighted by Gasteiger charge is 2.48. The molecule has 1 saturated carbocycles. The minimum atomic E-state index is -4.34. The normalized spacial score (nSPS) is 20.4. The number of methoxy groups -OCH3 is 1. The number of hydrogen-bond donors (Lipinski definition) is 2. The predicted octanol–water partition coefficient (Wildman–Crippen LogP) is 4.12. The lowest BCUT2D eigenvalue weighted by molar-refractivity contribution is -0.207. The first-order chi connectivity index (χ1) is 16.8. The van der Waals surface area contributed by atoms with Gasteiger partial charge < -0.3 is 19.3 Å². The predicted molar refractivity (Wildman–Crippen MR) is 128 cm³/mol. The summed E-state index contributed by atoms with van der Waals surface area (Å²) in [6.45, 7) is 0. The second-order valence-corrected chi connectivity index (χ2v) is 10.3. The molecule has 0 saturated heterocycles. The summed E-state index contributed by atoms with van der Waals surface area (Å²) in [5, 5.41) is 9.98. The van der Waals surface area contributed by atoms with Crippen molar-refractivity contribution in [3.05, 3.63) is 78.4 Å². The molecule has 1 aliphatic carbocycles. The third kappa shape index (κ3) is 4.27. The molecule has 0 amide bonds. The molecule has 0 radical (unpaired) electrons. The van der Waals surface area contributed by atoms with Crippen LogP contribution in [-0.4, -0.2) is 38.6 Å². The summed E-state index contributed by atoms with van der Waals surface area (Å²) >= 11 is 0. The van der Waals surface area contributed by atoms with Crippen LogP contribution < -0.4 is 14.2 Å². The molecule has 3 aromatic carbocycles. The highest BCUT2D eigenvalue weighted by Crippen LogP contribution is 2.51. The van der Waals surface area contributed by atoms with E-state index in [2.05, 4.69) is 4.72 Å². The van der Waals surface area contributed by atoms with Gasteiger partial charge in [-0.25, -0.2) is 13.2 Å². The summed E-state index contributed by atoms with van der Waals surface area (Å²) in [5.74, 6) is -3.61. The molecule has 0 aromatic heterocycles. The number of ether oxygens (including phenoxy) is 3. The summed E-state index contributed by atoms with van der Waals surface area (Å²) in [6.07, 6.45) is 2.94. The van der Waals surface area contributed by atoms with E-state index < -0.39 is 21.9 Å². The Morgan fingerprint density at radius 1 is 1.00 bits per heavy atom. The Morgan fingerprint density at radius 2 is 1.71 bits per heavy atom. The van der Waals surface area contributed by atoms with Gasteiger partial charge in [-0.2, -0.15) is 0 Å². The van der Waals surface area contributed by atoms with Crippen molar-refractivity contribution in [2.75, 3.05) is 7.11 Å². The van der Waals surface area contributed by atoms with Crippen LogP contribution >= 0.6 is 0 Å². The van der Waals surface area contributed by atoms with Gasteiger partial charge >= 0.3 is 11.9 Å². The van der Waals surface area contributed by atoms with E-state index in [-0.39, 0.29) is 22.7 Å². The maximum Gasteiger partial charge on any atom is 0.396 e. The number of carboxylic acids is 1. The van der Waals surface area contributed by atoms with Crippen molar-refractivity contribution in [1.29, 1.82) is 0 Å². The van der Waals surface area contributed by atoms with Crippen LogP contribution in [0.15, 0.2) is 77.7 Å². The average Bonchev–Trinajstić information content (AvgIpc) is 3.46. The molecule has 0 bridgehead atoms. The van der Waals surface area contributed by atoms with Crippen molar-refractivity contribution in [2.45, 2.75) is 42.1 Å². The van der Waals surface area contributed by atoms with E-state index >= 15 is 0 Å². The molecular formula is C26H25NO7S. The molecule has 1 heterocycles. The highest BCUT2D eigenvalue weighted by molar-refractivity contribution is 7.89. The van der Waals surface area contributed by atoms with Crippen molar-refractivity contribution < 1.29 is 32.5 Å². The maximum atomic E-state index is 13.2. The van der Waals surface area contributed by atoms with Gasteiger partial charge in [0.05, 0.1) is 4.90 Å². The van der Waals surface area contributed by atoms with Gasteiger partial charge in [0.1, 0.15) is 6.10 Å². The number of hydrogen-bond acceptors (Lipinski definition) is 6. The maximum absolute atomic E-state index is 13.2. The lowest BCUT2D eigenvalue weighted by Crippen LogP contribution is -2.60. The fraction of sp³-hybridized carbons (Fsp3) is 0.269. The van der Waals surface area contributed by atoms with Gasteiger partial charge in [0.25, 0.3) is 0 Å². The van der Waals surface area contributed by atoms with E-state index in [0.717, 1.165) is 43.1 Å². The quantitative estimate of drug-likeness (QED) is 0.452. The minimum Gasteiger partial charge on any atom is -0.486 e. The molecule has 182 valence electrons. The number of aliphatic carboxylic acids is 1. The number of benzene rings is 3. The van der Waals surface area contributed by atoms with Crippen molar-refractivity contribution in [2.24, 2.45) is 0 Å². The lowest BCUT2D eigenvalue weighted by atomic mass is 9.97. The Labute approximate surface area is 203 Å². The van der Waals surface area contributed by atoms with Crippen LogP contribution in [0, 0.1) is 0 Å². The smallest absolute Gasteiger partial charge is 0.396 e. The molecule has 35 heavy (non-hydrogen) atoms. The van der Waals surface area contributed by atoms with Crippen LogP contribution in [0.25, 0.3) is 11.1 Å². The second kappa shape index (κ2) is 8.99. The van der Waals surface area contributed by atoms with Crippen LogP contribution in [0.3, 0.4) is 0 Å². The highest BCUT2D eigenvalue weighted by atomic mass is 32.2. The Kier molecular flexibility index (Phi) is 6.00. The summed E-state index contributed by atoms with van der Waals surface area (Å²) in [5.41, 5.74) is 2.67. The third-order valence-corrected chi connectivity index (χ3v) is 7.92. The molecule has 9 heteroatoms. The Balaban J connectivity index is 1.44. The topological polar surface area (TPSA) is 111 Å². The molecule has 3 aromatic rings. The first-order valence-corrected chi connectivity index (χ1v) is 12.8. The van der Waals surface area contributed by atoms with E-state index in [9.17, 15) is 18.3 Å². The molecule has 1 aliphatic heterocycles. The Hall–Kier alpha value is -3.40. The van der Waals surface area contributed by atoms with Crippen molar-refractivity contribution in [3.63, 3.8) is 0 Å². The standard InChI is InChI=1S/C26H25NO7S/c1-32-26(25(28)29,34-23-12-6-10-21-20-9-5-11-22(20)33-24(21)23)27-35(30,31)19-15-13-18(14-16-19)17-7-3-2-4-8-17/h2-4,6-8,10,12-16,20,22,27H,5,9,11H2,1H3,(H,28,29). The van der Waals surface area contributed by atoms with Gasteiger partial charge in [-0.05, 0) is 48.6 Å². The zero-order valence-corrected chi connectivity index (χ0v) is 19.8. The van der Waals surface area contributed by atoms with Gasteiger partial charge in [-0.1, -0.05) is 54.6 Å². The van der Waals surface area contributed by atoms with Crippen molar-refractivity contribution in [3.8, 4) is 22.6 Å². The van der Waals surface area contributed by atoms with Gasteiger partial charge in [0.2, 0.25) is 10.0 Å². The number of rotatable bonds is 8. The van der Waals surface area contributed by atoms with Gasteiger partial charge in [0, 0.05) is 18.6 Å². The summed E-state index contributed by atoms with van der Waals surface area (Å²) in [4.78, 5) is 12.2. The summed E-state index contributed by atoms with van der Waals surface area (Å²) in [7, 11) is -3.28. The molecule has 0 spiro atoms. The first kappa shape index (κ1) is 23.3. The fourth-order valence-corrected chi connectivity index (χ4v) is 5.91. The molecule has 8 nitrogen and oxygen atoms in total. The minimum absolute atomic E-state index is 0.0105. The zero-order valence-electron chi connectivity index (χ0n) is 19.0. The monoisotopic (exact) mass is 495 g/mol. The van der Waals surface area contributed by atoms with Gasteiger partial charge in [-0.15, -0.1) is 4.72 Å². The van der Waals surface area contributed by atoms with E-state index in [1.165, 1.54) is 12.1 Å². The summed E-state index contributed by atoms with van der Waals surface area (Å²) < 4.78 is 45.4. The largest absolute Gasteiger partial charge is 0.486 e. The average molecular weight is 496 g/mol. The molecule has 2 N–H and O–H groups in total. The number of carbonyl (C=O) groups is 1. The molecule has 3 atom stereocenters. The lowest BCUT2D eigenvalue weighted by Gasteiger charge is -2.29. The van der Waals surface area contributed by atoms with Crippen LogP contribution in [0.4, 0.5) is 0 Å². The fourth-order valence-electron chi connectivity index (χ4n) is 4.73. The number of para-hydroxylation sites is 1. The van der Waals surface area contributed by atoms with Crippen LogP contribution in [0.1, 0.15) is 30.7 Å². The molecule has 2 aliphatic rings. The second-order valence-electron chi connectivity index (χ2n) is 8.59. The number of carboxylic acid groups (broad SMARTS) is 1. The van der Waals surface area contributed by atoms with Crippen molar-refractivity contribution >= 4 is 16.0 Å². The van der Waals surface area contributed by atoms with Crippen LogP contribution in [-0.2, 0) is 19.6 Å². The van der Waals surface area contributed by atoms with Crippen LogP contribution in [0.2, 0.25) is 0 Å². The molecular weight excluding hydrogens is 470 g/mol. The number of nitrogens with one attached hydrogen (secondary N) is 1. The third-order valence-electron chi connectivity index (χ3n) is 6.49. The zero-order chi connectivity index (χ0) is 24.6. The van der Waals surface area contributed by atoms with Crippen LogP contribution in [0.5, 0.6) is 11.5 Å². The number of sulfonamides is 1. The SMILES string of the molecule is COC(NS(=O)(=O)c1ccc(-c2ccccc2)cc1)(Oc1cccc2c1OC1CCCC21)C(=O)O. The first-order valence-electron chi connectivity index (χ1n) is 11.3. The molecule has 5 rings (SSSR count). The van der Waals surface area contributed by atoms with E-state index in [1.807, 2.05) is 36.4 Å². The van der Waals surface area contributed by atoms with Gasteiger partial charge in [-0.3, -0.25) is 0 Å². The number of fused-ring (bicyclic) bond motifs is 3. The molecule has 1 fully saturated rings. The van der Waals surface area contributed by atoms with Crippen molar-refractivity contribution in [1.82, 2.24) is 4.72 Å². The van der Waals surface area contributed by atoms with Gasteiger partial charge in [0.15, 0.2) is 11.5 Å². The van der Waals surface area contributed by atoms with E-state index in [4.69, 9.17) is 14.2 Å². The summed E-state index contributed by atoms with van der Waals surface area (Å²) in [6, 6.07) is 20.8.